The molecule has 0 radical (unpaired) electrons. The third-order valence-corrected chi connectivity index (χ3v) is 2.48. The van der Waals surface area contributed by atoms with Crippen LogP contribution in [0.3, 0.4) is 0 Å². The van der Waals surface area contributed by atoms with Crippen LogP contribution in [-0.2, 0) is 4.74 Å². The molecule has 0 aliphatic rings. The molecule has 0 bridgehead atoms. The van der Waals surface area contributed by atoms with Crippen LogP contribution in [0.5, 0.6) is 0 Å². The lowest BCUT2D eigenvalue weighted by atomic mass is 10.2. The summed E-state index contributed by atoms with van der Waals surface area (Å²) in [6.07, 6.45) is 4.28. The number of aromatic carboxylic acids is 1. The molecule has 0 atom stereocenters. The Kier molecular flexibility index (Phi) is 6.37. The third kappa shape index (κ3) is 7.16. The van der Waals surface area contributed by atoms with E-state index in [1.807, 2.05) is 0 Å². The van der Waals surface area contributed by atoms with Gasteiger partial charge in [-0.2, -0.15) is 0 Å². The van der Waals surface area contributed by atoms with Crippen LogP contribution in [0.2, 0.25) is 0 Å². The molecule has 1 aromatic rings. The van der Waals surface area contributed by atoms with E-state index in [9.17, 15) is 9.59 Å². The Balaban J connectivity index is 2.34. The summed E-state index contributed by atoms with van der Waals surface area (Å²) in [4.78, 5) is 26.1. The Labute approximate surface area is 134 Å². The second-order valence-corrected chi connectivity index (χ2v) is 5.70. The van der Waals surface area contributed by atoms with Gasteiger partial charge in [0.15, 0.2) is 0 Å². The molecular weight excluding hydrogens is 300 g/mol. The molecule has 5 N–H and O–H groups in total. The van der Waals surface area contributed by atoms with E-state index in [0.29, 0.717) is 18.9 Å². The molecule has 0 saturated heterocycles. The van der Waals surface area contributed by atoms with E-state index in [0.717, 1.165) is 0 Å². The maximum Gasteiger partial charge on any atom is 0.407 e. The van der Waals surface area contributed by atoms with Crippen molar-refractivity contribution in [3.63, 3.8) is 0 Å². The van der Waals surface area contributed by atoms with E-state index < -0.39 is 17.7 Å². The van der Waals surface area contributed by atoms with Crippen molar-refractivity contribution in [2.24, 2.45) is 0 Å². The first-order valence-corrected chi connectivity index (χ1v) is 7.03. The molecule has 1 heterocycles. The molecule has 23 heavy (non-hydrogen) atoms. The summed E-state index contributed by atoms with van der Waals surface area (Å²) in [7, 11) is 0. The minimum atomic E-state index is -1.08. The molecule has 1 aromatic heterocycles. The van der Waals surface area contributed by atoms with Crippen molar-refractivity contribution in [2.75, 3.05) is 24.1 Å². The minimum absolute atomic E-state index is 0.0325. The van der Waals surface area contributed by atoms with Gasteiger partial charge in [0.05, 0.1) is 11.3 Å². The molecule has 0 spiro atoms. The Hall–Kier alpha value is -2.77. The lowest BCUT2D eigenvalue weighted by Crippen LogP contribution is -2.32. The number of alkyl carbamates (subject to hydrolysis) is 1. The van der Waals surface area contributed by atoms with E-state index in [-0.39, 0.29) is 11.3 Å². The largest absolute Gasteiger partial charge is 0.478 e. The van der Waals surface area contributed by atoms with Crippen LogP contribution in [-0.4, -0.2) is 40.8 Å². The minimum Gasteiger partial charge on any atom is -0.478 e. The first-order valence-electron chi connectivity index (χ1n) is 7.03. The summed E-state index contributed by atoms with van der Waals surface area (Å²) in [5, 5.41) is 14.4. The fourth-order valence-corrected chi connectivity index (χ4v) is 1.53. The Bertz CT molecular complexity index is 594. The number of anilines is 2. The van der Waals surface area contributed by atoms with Gasteiger partial charge in [-0.25, -0.2) is 14.6 Å². The summed E-state index contributed by atoms with van der Waals surface area (Å²) in [5.41, 5.74) is 5.47. The molecule has 0 unspecified atom stereocenters. The van der Waals surface area contributed by atoms with Crippen LogP contribution in [0, 0.1) is 0 Å². The van der Waals surface area contributed by atoms with E-state index in [2.05, 4.69) is 15.6 Å². The monoisotopic (exact) mass is 322 g/mol. The topological polar surface area (TPSA) is 127 Å². The highest BCUT2D eigenvalue weighted by molar-refractivity contribution is 5.89. The zero-order valence-corrected chi connectivity index (χ0v) is 13.4. The fraction of sp³-hybridized carbons (Fsp3) is 0.400. The van der Waals surface area contributed by atoms with Crippen molar-refractivity contribution in [3.05, 3.63) is 30.0 Å². The molecule has 0 aliphatic heterocycles. The van der Waals surface area contributed by atoms with Gasteiger partial charge in [0.1, 0.15) is 11.4 Å². The van der Waals surface area contributed by atoms with Gasteiger partial charge in [0, 0.05) is 19.3 Å². The normalized spacial score (nSPS) is 11.3. The number of hydrogen-bond donors (Lipinski definition) is 4. The zero-order valence-electron chi connectivity index (χ0n) is 13.4. The molecule has 0 aliphatic carbocycles. The quantitative estimate of drug-likeness (QED) is 0.589. The maximum absolute atomic E-state index is 11.4. The number of nitrogens with zero attached hydrogens (tertiary/aromatic N) is 1. The van der Waals surface area contributed by atoms with E-state index in [1.165, 1.54) is 12.3 Å². The van der Waals surface area contributed by atoms with Crippen LogP contribution in [0.1, 0.15) is 31.1 Å². The van der Waals surface area contributed by atoms with Crippen molar-refractivity contribution in [1.29, 1.82) is 0 Å². The lowest BCUT2D eigenvalue weighted by molar-refractivity contribution is 0.0533. The van der Waals surface area contributed by atoms with E-state index in [4.69, 9.17) is 15.6 Å². The van der Waals surface area contributed by atoms with Gasteiger partial charge in [-0.3, -0.25) is 0 Å². The van der Waals surface area contributed by atoms with Gasteiger partial charge >= 0.3 is 12.1 Å². The number of nitrogens with two attached hydrogens (primary N) is 1. The molecule has 1 rings (SSSR count). The average Bonchev–Trinajstić information content (AvgIpc) is 2.41. The van der Waals surface area contributed by atoms with Gasteiger partial charge in [0.25, 0.3) is 0 Å². The predicted molar refractivity (Wildman–Crippen MR) is 87.5 cm³/mol. The van der Waals surface area contributed by atoms with Crippen LogP contribution in [0.15, 0.2) is 24.4 Å². The first kappa shape index (κ1) is 18.3. The number of nitrogen functional groups attached to an aromatic ring is 1. The van der Waals surface area contributed by atoms with E-state index in [1.54, 1.807) is 32.9 Å². The van der Waals surface area contributed by atoms with Gasteiger partial charge in [-0.1, -0.05) is 12.2 Å². The van der Waals surface area contributed by atoms with Gasteiger partial charge in [-0.15, -0.1) is 0 Å². The Morgan fingerprint density at radius 1 is 1.35 bits per heavy atom. The number of carboxylic acids is 1. The molecule has 126 valence electrons. The maximum atomic E-state index is 11.4. The Morgan fingerprint density at radius 2 is 2.00 bits per heavy atom. The molecule has 8 nitrogen and oxygen atoms in total. The van der Waals surface area contributed by atoms with Crippen LogP contribution in [0.4, 0.5) is 16.3 Å². The molecular formula is C15H22N4O4. The average molecular weight is 322 g/mol. The molecule has 0 saturated carbocycles. The summed E-state index contributed by atoms with van der Waals surface area (Å²) in [6, 6.07) is 1.34. The summed E-state index contributed by atoms with van der Waals surface area (Å²) < 4.78 is 5.09. The molecule has 8 heteroatoms. The molecule has 0 aromatic carbocycles. The number of ether oxygens (including phenoxy) is 1. The highest BCUT2D eigenvalue weighted by Crippen LogP contribution is 2.15. The number of amides is 1. The molecule has 0 fully saturated rings. The molecule has 1 amide bonds. The van der Waals surface area contributed by atoms with Crippen molar-refractivity contribution >= 4 is 23.6 Å². The number of nitrogens with one attached hydrogen (secondary N) is 2. The van der Waals surface area contributed by atoms with Crippen molar-refractivity contribution in [3.8, 4) is 0 Å². The van der Waals surface area contributed by atoms with Crippen molar-refractivity contribution < 1.29 is 19.4 Å². The number of rotatable bonds is 6. The van der Waals surface area contributed by atoms with Crippen LogP contribution in [0.25, 0.3) is 0 Å². The summed E-state index contributed by atoms with van der Waals surface area (Å²) in [6.45, 7) is 6.13. The standard InChI is InChI=1S/C15H22N4O4/c1-15(2,3)23-14(22)18-7-5-4-6-17-12-11(16)8-10(9-19-12)13(20)21/h4-5,8-9H,6-7,16H2,1-3H3,(H,17,19)(H,18,22)(H,20,21)/b5-4+. The number of pyridine rings is 1. The van der Waals surface area contributed by atoms with Crippen LogP contribution < -0.4 is 16.4 Å². The van der Waals surface area contributed by atoms with Crippen molar-refractivity contribution in [1.82, 2.24) is 10.3 Å². The SMILES string of the molecule is CC(C)(C)OC(=O)NC/C=C/CNc1ncc(C(=O)O)cc1N. The summed E-state index contributed by atoms with van der Waals surface area (Å²) >= 11 is 0. The second kappa shape index (κ2) is 8.02. The fourth-order valence-electron chi connectivity index (χ4n) is 1.53. The third-order valence-electron chi connectivity index (χ3n) is 2.48. The van der Waals surface area contributed by atoms with Gasteiger partial charge < -0.3 is 26.2 Å². The Morgan fingerprint density at radius 3 is 2.57 bits per heavy atom. The number of carboxylic acid groups (broad SMARTS) is 1. The van der Waals surface area contributed by atoms with E-state index >= 15 is 0 Å². The lowest BCUT2D eigenvalue weighted by Gasteiger charge is -2.19. The second-order valence-electron chi connectivity index (χ2n) is 5.70. The van der Waals surface area contributed by atoms with Gasteiger partial charge in [0.2, 0.25) is 0 Å². The number of hydrogen-bond acceptors (Lipinski definition) is 6. The highest BCUT2D eigenvalue weighted by atomic mass is 16.6. The first-order chi connectivity index (χ1) is 10.7. The van der Waals surface area contributed by atoms with Crippen LogP contribution >= 0.6 is 0 Å². The number of carbonyl (C=O) groups is 2. The number of carbonyl (C=O) groups excluding carboxylic acids is 1. The smallest absolute Gasteiger partial charge is 0.407 e. The summed E-state index contributed by atoms with van der Waals surface area (Å²) in [5.74, 6) is -0.677. The zero-order chi connectivity index (χ0) is 17.5. The predicted octanol–water partition coefficient (Wildman–Crippen LogP) is 1.85. The highest BCUT2D eigenvalue weighted by Gasteiger charge is 2.14. The number of aromatic nitrogens is 1. The van der Waals surface area contributed by atoms with Crippen molar-refractivity contribution in [2.45, 2.75) is 26.4 Å². The van der Waals surface area contributed by atoms with Gasteiger partial charge in [-0.05, 0) is 26.8 Å².